The van der Waals surface area contributed by atoms with Crippen LogP contribution < -0.4 is 5.32 Å². The first-order valence-corrected chi connectivity index (χ1v) is 5.35. The molecule has 0 spiro atoms. The number of aromatic carboxylic acids is 1. The topological polar surface area (TPSA) is 88.5 Å². The molecule has 0 saturated carbocycles. The highest BCUT2D eigenvalue weighted by Gasteiger charge is 2.19. The maximum Gasteiger partial charge on any atom is 0.412 e. The van der Waals surface area contributed by atoms with Gasteiger partial charge in [0.25, 0.3) is 0 Å². The summed E-state index contributed by atoms with van der Waals surface area (Å²) < 4.78 is 4.65. The molecule has 0 saturated heterocycles. The smallest absolute Gasteiger partial charge is 0.412 e. The lowest BCUT2D eigenvalue weighted by Crippen LogP contribution is -2.15. The summed E-state index contributed by atoms with van der Waals surface area (Å²) in [6.45, 7) is 3.37. The van der Waals surface area contributed by atoms with Crippen molar-refractivity contribution in [2.45, 2.75) is 0 Å². The molecule has 0 bridgehead atoms. The molecule has 0 radical (unpaired) electrons. The van der Waals surface area contributed by atoms with Crippen LogP contribution in [0.25, 0.3) is 0 Å². The van der Waals surface area contributed by atoms with Gasteiger partial charge in [0.1, 0.15) is 6.61 Å². The number of amides is 1. The lowest BCUT2D eigenvalue weighted by molar-refractivity contribution is 0.0690. The van der Waals surface area contributed by atoms with Gasteiger partial charge in [0, 0.05) is 6.20 Å². The Morgan fingerprint density at radius 1 is 1.56 bits per heavy atom. The van der Waals surface area contributed by atoms with E-state index in [4.69, 9.17) is 28.3 Å². The lowest BCUT2D eigenvalue weighted by atomic mass is 10.3. The second-order valence-corrected chi connectivity index (χ2v) is 3.75. The number of nitrogens with one attached hydrogen (secondary N) is 1. The van der Waals surface area contributed by atoms with Crippen molar-refractivity contribution in [2.75, 3.05) is 11.9 Å². The molecular formula is C10H8Cl2N2O4. The number of nitrogens with zero attached hydrogens (tertiary/aromatic N) is 1. The van der Waals surface area contributed by atoms with Crippen LogP contribution in [0.4, 0.5) is 10.5 Å². The minimum Gasteiger partial charge on any atom is -0.476 e. The van der Waals surface area contributed by atoms with Crippen molar-refractivity contribution in [3.05, 3.63) is 34.6 Å². The van der Waals surface area contributed by atoms with Gasteiger partial charge in [-0.15, -0.1) is 0 Å². The van der Waals surface area contributed by atoms with E-state index in [9.17, 15) is 9.59 Å². The zero-order valence-corrected chi connectivity index (χ0v) is 10.5. The predicted octanol–water partition coefficient (Wildman–Crippen LogP) is 2.82. The van der Waals surface area contributed by atoms with E-state index in [1.807, 2.05) is 0 Å². The average molecular weight is 291 g/mol. The zero-order chi connectivity index (χ0) is 13.7. The van der Waals surface area contributed by atoms with Crippen LogP contribution in [0.15, 0.2) is 18.9 Å². The highest BCUT2D eigenvalue weighted by molar-refractivity contribution is 6.41. The van der Waals surface area contributed by atoms with Crippen molar-refractivity contribution in [3.63, 3.8) is 0 Å². The first kappa shape index (κ1) is 14.3. The molecule has 1 aromatic rings. The Hall–Kier alpha value is -1.79. The summed E-state index contributed by atoms with van der Waals surface area (Å²) in [5, 5.41) is 10.8. The standard InChI is InChI=1S/C10H8Cl2N2O4/c1-2-3-18-10(17)14-7-5(11)4-13-8(6(7)12)9(15)16/h2,4H,1,3H2,(H,15,16)(H,13,14,17). The molecule has 0 aromatic carbocycles. The minimum atomic E-state index is -1.33. The van der Waals surface area contributed by atoms with Crippen LogP contribution in [0.2, 0.25) is 10.0 Å². The third kappa shape index (κ3) is 3.35. The van der Waals surface area contributed by atoms with Gasteiger partial charge in [0.2, 0.25) is 0 Å². The molecule has 0 atom stereocenters. The first-order valence-electron chi connectivity index (χ1n) is 4.59. The van der Waals surface area contributed by atoms with E-state index in [2.05, 4.69) is 21.6 Å². The number of aromatic nitrogens is 1. The van der Waals surface area contributed by atoms with Crippen LogP contribution in [0, 0.1) is 0 Å². The van der Waals surface area contributed by atoms with Gasteiger partial charge in [-0.2, -0.15) is 0 Å². The van der Waals surface area contributed by atoms with Crippen LogP contribution in [-0.4, -0.2) is 28.8 Å². The van der Waals surface area contributed by atoms with Gasteiger partial charge < -0.3 is 9.84 Å². The van der Waals surface area contributed by atoms with Gasteiger partial charge in [0.05, 0.1) is 15.7 Å². The Morgan fingerprint density at radius 3 is 2.78 bits per heavy atom. The monoisotopic (exact) mass is 290 g/mol. The Labute approximate surface area is 112 Å². The zero-order valence-electron chi connectivity index (χ0n) is 8.94. The second-order valence-electron chi connectivity index (χ2n) is 2.96. The predicted molar refractivity (Wildman–Crippen MR) is 66.4 cm³/mol. The van der Waals surface area contributed by atoms with Crippen molar-refractivity contribution in [3.8, 4) is 0 Å². The summed E-state index contributed by atoms with van der Waals surface area (Å²) in [6.07, 6.45) is 1.61. The van der Waals surface area contributed by atoms with Gasteiger partial charge in [-0.3, -0.25) is 5.32 Å². The molecule has 2 N–H and O–H groups in total. The van der Waals surface area contributed by atoms with Crippen LogP contribution >= 0.6 is 23.2 Å². The summed E-state index contributed by atoms with van der Waals surface area (Å²) >= 11 is 11.5. The summed E-state index contributed by atoms with van der Waals surface area (Å²) in [6, 6.07) is 0. The largest absolute Gasteiger partial charge is 0.476 e. The molecule has 1 heterocycles. The Bertz CT molecular complexity index is 505. The highest BCUT2D eigenvalue weighted by atomic mass is 35.5. The Kier molecular flexibility index (Phi) is 4.94. The van der Waals surface area contributed by atoms with Gasteiger partial charge in [-0.25, -0.2) is 14.6 Å². The molecular weight excluding hydrogens is 283 g/mol. The summed E-state index contributed by atoms with van der Waals surface area (Å²) in [5.74, 6) is -1.33. The van der Waals surface area contributed by atoms with Crippen molar-refractivity contribution in [1.29, 1.82) is 0 Å². The number of hydrogen-bond donors (Lipinski definition) is 2. The fourth-order valence-electron chi connectivity index (χ4n) is 1.00. The molecule has 1 amide bonds. The summed E-state index contributed by atoms with van der Waals surface area (Å²) in [4.78, 5) is 25.6. The molecule has 1 rings (SSSR count). The van der Waals surface area contributed by atoms with Crippen LogP contribution in [0.3, 0.4) is 0 Å². The fraction of sp³-hybridized carbons (Fsp3) is 0.100. The molecule has 96 valence electrons. The quantitative estimate of drug-likeness (QED) is 0.833. The number of carboxylic acid groups (broad SMARTS) is 1. The van der Waals surface area contributed by atoms with E-state index in [1.54, 1.807) is 0 Å². The molecule has 1 aromatic heterocycles. The van der Waals surface area contributed by atoms with E-state index in [-0.39, 0.29) is 22.3 Å². The van der Waals surface area contributed by atoms with Gasteiger partial charge in [-0.05, 0) is 0 Å². The molecule has 6 nitrogen and oxygen atoms in total. The number of carbonyl (C=O) groups excluding carboxylic acids is 1. The van der Waals surface area contributed by atoms with E-state index in [1.165, 1.54) is 6.08 Å². The highest BCUT2D eigenvalue weighted by Crippen LogP contribution is 2.31. The molecule has 0 aliphatic carbocycles. The summed E-state index contributed by atoms with van der Waals surface area (Å²) in [5.41, 5.74) is -0.486. The molecule has 0 unspecified atom stereocenters. The number of carbonyl (C=O) groups is 2. The number of halogens is 2. The Balaban J connectivity index is 3.00. The van der Waals surface area contributed by atoms with Crippen molar-refractivity contribution in [2.24, 2.45) is 0 Å². The third-order valence-electron chi connectivity index (χ3n) is 1.74. The Morgan fingerprint density at radius 2 is 2.22 bits per heavy atom. The first-order chi connectivity index (χ1) is 8.47. The fourth-order valence-corrected chi connectivity index (χ4v) is 1.52. The molecule has 0 aliphatic heterocycles. The van der Waals surface area contributed by atoms with Crippen molar-refractivity contribution < 1.29 is 19.4 Å². The molecule has 0 aliphatic rings. The number of anilines is 1. The number of ether oxygens (including phenoxy) is 1. The SMILES string of the molecule is C=CCOC(=O)Nc1c(Cl)cnc(C(=O)O)c1Cl. The summed E-state index contributed by atoms with van der Waals surface area (Å²) in [7, 11) is 0. The van der Waals surface area contributed by atoms with Crippen molar-refractivity contribution >= 4 is 41.0 Å². The van der Waals surface area contributed by atoms with Gasteiger partial charge in [-0.1, -0.05) is 35.9 Å². The number of pyridine rings is 1. The normalized spacial score (nSPS) is 9.67. The number of rotatable bonds is 4. The second kappa shape index (κ2) is 6.23. The molecule has 0 fully saturated rings. The molecule has 8 heteroatoms. The lowest BCUT2D eigenvalue weighted by Gasteiger charge is -2.10. The molecule has 18 heavy (non-hydrogen) atoms. The van der Waals surface area contributed by atoms with E-state index < -0.39 is 17.8 Å². The van der Waals surface area contributed by atoms with Crippen LogP contribution in [-0.2, 0) is 4.74 Å². The maximum atomic E-state index is 11.3. The van der Waals surface area contributed by atoms with E-state index in [0.29, 0.717) is 0 Å². The number of hydrogen-bond acceptors (Lipinski definition) is 4. The van der Waals surface area contributed by atoms with Crippen LogP contribution in [0.5, 0.6) is 0 Å². The van der Waals surface area contributed by atoms with Gasteiger partial charge in [0.15, 0.2) is 5.69 Å². The average Bonchev–Trinajstić information content (AvgIpc) is 2.31. The minimum absolute atomic E-state index is 0.000512. The number of carboxylic acids is 1. The van der Waals surface area contributed by atoms with E-state index >= 15 is 0 Å². The third-order valence-corrected chi connectivity index (χ3v) is 2.39. The van der Waals surface area contributed by atoms with Crippen molar-refractivity contribution in [1.82, 2.24) is 4.98 Å². The van der Waals surface area contributed by atoms with E-state index in [0.717, 1.165) is 6.20 Å². The van der Waals surface area contributed by atoms with Gasteiger partial charge >= 0.3 is 12.1 Å². The maximum absolute atomic E-state index is 11.3. The van der Waals surface area contributed by atoms with Crippen LogP contribution in [0.1, 0.15) is 10.5 Å².